The fourth-order valence-corrected chi connectivity index (χ4v) is 4.05. The summed E-state index contributed by atoms with van der Waals surface area (Å²) < 4.78 is 45.9. The predicted octanol–water partition coefficient (Wildman–Crippen LogP) is 0.475. The maximum absolute atomic E-state index is 12.7. The second kappa shape index (κ2) is 8.95. The van der Waals surface area contributed by atoms with Crippen molar-refractivity contribution in [3.05, 3.63) is 33.1 Å². The van der Waals surface area contributed by atoms with E-state index in [4.69, 9.17) is 23.8 Å². The summed E-state index contributed by atoms with van der Waals surface area (Å²) in [4.78, 5) is 43.4. The molecule has 1 saturated heterocycles. The quantitative estimate of drug-likeness (QED) is 0.316. The standard InChI is InChI=1S/C13H22N2O10P2S/c1-7(2)26(18,28)25-10-8(6-23-27(19,20)21)24-12(11(10)22-3)15-5-4-9(16)14-13(15)17/h4-5,7-8,10-12H,6H2,1-3H3,(H,18,28)(H,14,16,17)(H2,19,20,21)/t8-,10+,11+,12-,26?/m1/s1. The van der Waals surface area contributed by atoms with Gasteiger partial charge < -0.3 is 23.8 Å². The Bertz CT molecular complexity index is 896. The van der Waals surface area contributed by atoms with Crippen LogP contribution >= 0.6 is 26.6 Å². The lowest BCUT2D eigenvalue weighted by Gasteiger charge is -2.27. The molecule has 0 aromatic carbocycles. The molecule has 1 aliphatic heterocycles. The molecular weight excluding hydrogens is 438 g/mol. The SMILES string of the molecule is CO[C@H]1[C@@H](OP(=O)(S)C(C)C)[C@@H](COP(=O)(O)O)O[C@H]1n1ccc(=O)[nH]c1=O. The molecule has 160 valence electrons. The summed E-state index contributed by atoms with van der Waals surface area (Å²) in [6.07, 6.45) is -3.28. The first-order chi connectivity index (χ1) is 12.9. The Morgan fingerprint density at radius 2 is 1.96 bits per heavy atom. The first-order valence-electron chi connectivity index (χ1n) is 8.06. The highest BCUT2D eigenvalue weighted by Crippen LogP contribution is 2.59. The number of ether oxygens (including phenoxy) is 2. The van der Waals surface area contributed by atoms with E-state index in [0.717, 1.165) is 10.6 Å². The average Bonchev–Trinajstić information content (AvgIpc) is 2.88. The largest absolute Gasteiger partial charge is 0.469 e. The number of thiol groups is 1. The maximum Gasteiger partial charge on any atom is 0.469 e. The lowest BCUT2D eigenvalue weighted by atomic mass is 10.1. The summed E-state index contributed by atoms with van der Waals surface area (Å²) in [7, 11) is -3.54. The molecule has 1 aromatic heterocycles. The van der Waals surface area contributed by atoms with Crippen LogP contribution in [0.5, 0.6) is 0 Å². The zero-order valence-electron chi connectivity index (χ0n) is 15.2. The molecule has 15 heteroatoms. The van der Waals surface area contributed by atoms with Gasteiger partial charge in [0.1, 0.15) is 18.3 Å². The second-order valence-corrected chi connectivity index (χ2v) is 11.6. The Kier molecular flexibility index (Phi) is 7.52. The van der Waals surface area contributed by atoms with Crippen LogP contribution < -0.4 is 11.2 Å². The summed E-state index contributed by atoms with van der Waals surface area (Å²) in [5.74, 6) is 0. The Hall–Kier alpha value is -0.750. The van der Waals surface area contributed by atoms with Gasteiger partial charge in [-0.1, -0.05) is 26.1 Å². The summed E-state index contributed by atoms with van der Waals surface area (Å²) in [5.41, 5.74) is -1.90. The molecular formula is C13H22N2O10P2S. The molecule has 0 radical (unpaired) electrons. The van der Waals surface area contributed by atoms with E-state index in [1.54, 1.807) is 13.8 Å². The molecule has 0 spiro atoms. The van der Waals surface area contributed by atoms with Crippen molar-refractivity contribution in [2.75, 3.05) is 13.7 Å². The molecule has 1 fully saturated rings. The van der Waals surface area contributed by atoms with Crippen LogP contribution in [0.25, 0.3) is 0 Å². The van der Waals surface area contributed by atoms with Gasteiger partial charge in [-0.15, -0.1) is 0 Å². The maximum atomic E-state index is 12.7. The summed E-state index contributed by atoms with van der Waals surface area (Å²) in [5, 5.41) is 0. The van der Waals surface area contributed by atoms with Crippen LogP contribution in [0.4, 0.5) is 0 Å². The van der Waals surface area contributed by atoms with Gasteiger partial charge in [-0.25, -0.2) is 9.36 Å². The molecule has 1 aromatic rings. The third-order valence-corrected chi connectivity index (χ3v) is 8.02. The number of hydrogen-bond donors (Lipinski definition) is 4. The molecule has 2 heterocycles. The van der Waals surface area contributed by atoms with E-state index in [0.29, 0.717) is 0 Å². The Balaban J connectivity index is 2.41. The van der Waals surface area contributed by atoms with E-state index < -0.39 is 62.4 Å². The monoisotopic (exact) mass is 460 g/mol. The number of aromatic nitrogens is 2. The highest BCUT2D eigenvalue weighted by molar-refractivity contribution is 8.46. The Morgan fingerprint density at radius 1 is 1.32 bits per heavy atom. The molecule has 2 rings (SSSR count). The van der Waals surface area contributed by atoms with Gasteiger partial charge in [0.2, 0.25) is 0 Å². The third-order valence-electron chi connectivity index (χ3n) is 4.02. The molecule has 12 nitrogen and oxygen atoms in total. The van der Waals surface area contributed by atoms with Crippen LogP contribution in [-0.4, -0.2) is 57.0 Å². The lowest BCUT2D eigenvalue weighted by molar-refractivity contribution is -0.0620. The van der Waals surface area contributed by atoms with Crippen molar-refractivity contribution in [1.82, 2.24) is 9.55 Å². The van der Waals surface area contributed by atoms with Crippen molar-refractivity contribution in [3.63, 3.8) is 0 Å². The summed E-state index contributed by atoms with van der Waals surface area (Å²) >= 11 is 4.06. The van der Waals surface area contributed by atoms with Gasteiger partial charge in [-0.3, -0.25) is 23.4 Å². The predicted molar refractivity (Wildman–Crippen MR) is 101 cm³/mol. The average molecular weight is 460 g/mol. The van der Waals surface area contributed by atoms with Crippen molar-refractivity contribution in [1.29, 1.82) is 0 Å². The minimum atomic E-state index is -4.83. The molecule has 1 aliphatic rings. The Morgan fingerprint density at radius 3 is 2.46 bits per heavy atom. The van der Waals surface area contributed by atoms with Crippen LogP contribution in [-0.2, 0) is 27.7 Å². The summed E-state index contributed by atoms with van der Waals surface area (Å²) in [6, 6.07) is 1.09. The Labute approximate surface area is 165 Å². The van der Waals surface area contributed by atoms with E-state index in [1.165, 1.54) is 13.3 Å². The van der Waals surface area contributed by atoms with Crippen LogP contribution in [0.2, 0.25) is 0 Å². The smallest absolute Gasteiger partial charge is 0.374 e. The number of rotatable bonds is 8. The van der Waals surface area contributed by atoms with Gasteiger partial charge in [0.05, 0.1) is 6.61 Å². The number of methoxy groups -OCH3 is 1. The highest BCUT2D eigenvalue weighted by atomic mass is 32.7. The van der Waals surface area contributed by atoms with Crippen LogP contribution in [0.1, 0.15) is 20.1 Å². The number of H-pyrrole nitrogens is 1. The van der Waals surface area contributed by atoms with E-state index >= 15 is 0 Å². The fraction of sp³-hybridized carbons (Fsp3) is 0.692. The fourth-order valence-electron chi connectivity index (χ4n) is 2.54. The van der Waals surface area contributed by atoms with E-state index in [9.17, 15) is 18.7 Å². The normalized spacial score (nSPS) is 27.8. The van der Waals surface area contributed by atoms with Gasteiger partial charge >= 0.3 is 13.5 Å². The number of nitrogens with zero attached hydrogens (tertiary/aromatic N) is 1. The number of aromatic amines is 1. The lowest BCUT2D eigenvalue weighted by Crippen LogP contribution is -2.40. The topological polar surface area (TPSA) is 166 Å². The van der Waals surface area contributed by atoms with Crippen molar-refractivity contribution in [2.45, 2.75) is 44.0 Å². The zero-order chi connectivity index (χ0) is 21.3. The minimum absolute atomic E-state index is 0.480. The molecule has 0 amide bonds. The van der Waals surface area contributed by atoms with Crippen molar-refractivity contribution < 1.29 is 37.4 Å². The van der Waals surface area contributed by atoms with Crippen molar-refractivity contribution >= 4 is 26.6 Å². The number of phosphoric acid groups is 1. The number of phosphoric ester groups is 1. The molecule has 28 heavy (non-hydrogen) atoms. The van der Waals surface area contributed by atoms with E-state index in [-0.39, 0.29) is 0 Å². The van der Waals surface area contributed by atoms with Crippen LogP contribution in [0.3, 0.4) is 0 Å². The molecule has 3 N–H and O–H groups in total. The molecule has 0 aliphatic carbocycles. The van der Waals surface area contributed by atoms with Crippen LogP contribution in [0, 0.1) is 0 Å². The minimum Gasteiger partial charge on any atom is -0.374 e. The number of nitrogens with one attached hydrogen (secondary N) is 1. The zero-order valence-corrected chi connectivity index (χ0v) is 17.9. The van der Waals surface area contributed by atoms with Gasteiger partial charge in [-0.05, 0) is 0 Å². The first-order valence-corrected chi connectivity index (χ1v) is 12.4. The second-order valence-electron chi connectivity index (χ2n) is 6.30. The van der Waals surface area contributed by atoms with Crippen LogP contribution in [0.15, 0.2) is 21.9 Å². The van der Waals surface area contributed by atoms with Crippen molar-refractivity contribution in [2.24, 2.45) is 0 Å². The van der Waals surface area contributed by atoms with Gasteiger partial charge in [-0.2, -0.15) is 0 Å². The highest BCUT2D eigenvalue weighted by Gasteiger charge is 2.50. The van der Waals surface area contributed by atoms with E-state index in [1.807, 2.05) is 0 Å². The molecule has 1 unspecified atom stereocenters. The first kappa shape index (κ1) is 23.5. The molecule has 5 atom stereocenters. The van der Waals surface area contributed by atoms with E-state index in [2.05, 4.69) is 21.8 Å². The van der Waals surface area contributed by atoms with Gasteiger partial charge in [0.25, 0.3) is 12.1 Å². The van der Waals surface area contributed by atoms with Crippen molar-refractivity contribution in [3.8, 4) is 0 Å². The molecule has 0 bridgehead atoms. The summed E-state index contributed by atoms with van der Waals surface area (Å²) in [6.45, 7) is -0.851. The van der Waals surface area contributed by atoms with Gasteiger partial charge in [0.15, 0.2) is 6.23 Å². The third kappa shape index (κ3) is 5.65. The van der Waals surface area contributed by atoms with Gasteiger partial charge in [0, 0.05) is 25.0 Å². The molecule has 0 saturated carbocycles. The number of hydrogen-bond acceptors (Lipinski definition) is 8.